The summed E-state index contributed by atoms with van der Waals surface area (Å²) < 4.78 is 7.84. The number of hydrogen-bond acceptors (Lipinski definition) is 7. The average molecular weight is 562 g/mol. The van der Waals surface area contributed by atoms with Crippen molar-refractivity contribution in [3.8, 4) is 15.5 Å². The van der Waals surface area contributed by atoms with Crippen molar-refractivity contribution in [1.29, 1.82) is 0 Å². The third kappa shape index (κ3) is 8.34. The molecule has 0 saturated heterocycles. The van der Waals surface area contributed by atoms with Gasteiger partial charge in [0, 0.05) is 15.1 Å². The highest BCUT2D eigenvalue weighted by Gasteiger charge is 2.44. The molecule has 0 aliphatic carbocycles. The zero-order valence-corrected chi connectivity index (χ0v) is 25.8. The third-order valence-corrected chi connectivity index (χ3v) is 10.5. The molecule has 2 unspecified atom stereocenters. The zero-order valence-electron chi connectivity index (χ0n) is 24.2. The topological polar surface area (TPSA) is 90.2 Å². The fourth-order valence-electron chi connectivity index (χ4n) is 5.56. The first-order valence-corrected chi connectivity index (χ1v) is 16.2. The average Bonchev–Trinajstić information content (AvgIpc) is 3.46. The summed E-state index contributed by atoms with van der Waals surface area (Å²) in [6.07, 6.45) is 11.1. The molecule has 0 bridgehead atoms. The maximum atomic E-state index is 10.1. The standard InChI is InChI=1S/C29H48B2O5S2/c1-19(2)9-7-11-21(5)13-15-29(16-14-22(6)12-8-10-20(3)4)23-17-25(30(32)33)37-27(23)28-24(36-29)18-26(38-28)31(34)35/h17-22,32-35H,7-16H2,1-6H3. The van der Waals surface area contributed by atoms with E-state index in [1.165, 1.54) is 61.2 Å². The fourth-order valence-corrected chi connectivity index (χ4v) is 7.78. The second-order valence-electron chi connectivity index (χ2n) is 12.5. The van der Waals surface area contributed by atoms with E-state index in [1.807, 2.05) is 6.07 Å². The molecule has 0 spiro atoms. The van der Waals surface area contributed by atoms with Crippen LogP contribution in [0.15, 0.2) is 12.1 Å². The van der Waals surface area contributed by atoms with E-state index in [4.69, 9.17) is 4.74 Å². The highest BCUT2D eigenvalue weighted by Crippen LogP contribution is 2.53. The first-order chi connectivity index (χ1) is 17.9. The summed E-state index contributed by atoms with van der Waals surface area (Å²) in [5, 5.41) is 39.9. The molecule has 3 rings (SSSR count). The summed E-state index contributed by atoms with van der Waals surface area (Å²) in [7, 11) is -3.10. The van der Waals surface area contributed by atoms with Crippen LogP contribution >= 0.6 is 22.7 Å². The Labute approximate surface area is 239 Å². The van der Waals surface area contributed by atoms with Gasteiger partial charge in [0.15, 0.2) is 0 Å². The van der Waals surface area contributed by atoms with E-state index >= 15 is 0 Å². The van der Waals surface area contributed by atoms with E-state index in [-0.39, 0.29) is 0 Å². The Hall–Kier alpha value is -0.830. The third-order valence-electron chi connectivity index (χ3n) is 8.02. The van der Waals surface area contributed by atoms with Crippen molar-refractivity contribution in [2.24, 2.45) is 23.7 Å². The van der Waals surface area contributed by atoms with Crippen molar-refractivity contribution in [1.82, 2.24) is 0 Å². The van der Waals surface area contributed by atoms with Crippen LogP contribution in [-0.4, -0.2) is 34.3 Å². The Kier molecular flexibility index (Phi) is 11.8. The van der Waals surface area contributed by atoms with E-state index < -0.39 is 19.8 Å². The van der Waals surface area contributed by atoms with Gasteiger partial charge in [0.1, 0.15) is 11.4 Å². The van der Waals surface area contributed by atoms with Gasteiger partial charge < -0.3 is 24.8 Å². The van der Waals surface area contributed by atoms with Crippen molar-refractivity contribution < 1.29 is 24.8 Å². The Morgan fingerprint density at radius 3 is 1.63 bits per heavy atom. The van der Waals surface area contributed by atoms with Crippen molar-refractivity contribution in [2.75, 3.05) is 0 Å². The van der Waals surface area contributed by atoms with Crippen molar-refractivity contribution >= 4 is 46.5 Å². The highest BCUT2D eigenvalue weighted by molar-refractivity contribution is 7.31. The normalized spacial score (nSPS) is 18.3. The van der Waals surface area contributed by atoms with Crippen LogP contribution in [0.5, 0.6) is 5.75 Å². The predicted molar refractivity (Wildman–Crippen MR) is 164 cm³/mol. The second kappa shape index (κ2) is 14.2. The smallest absolute Gasteiger partial charge is 0.481 e. The van der Waals surface area contributed by atoms with Gasteiger partial charge in [-0.25, -0.2) is 0 Å². The van der Waals surface area contributed by atoms with Gasteiger partial charge in [0.2, 0.25) is 0 Å². The van der Waals surface area contributed by atoms with Gasteiger partial charge in [0.05, 0.1) is 9.75 Å². The Bertz CT molecular complexity index is 977. The summed E-state index contributed by atoms with van der Waals surface area (Å²) in [6.45, 7) is 13.8. The first kappa shape index (κ1) is 31.7. The van der Waals surface area contributed by atoms with Crippen molar-refractivity contribution in [3.05, 3.63) is 17.7 Å². The van der Waals surface area contributed by atoms with Crippen LogP contribution in [0.2, 0.25) is 0 Å². The molecule has 0 amide bonds. The first-order valence-electron chi connectivity index (χ1n) is 14.6. The van der Waals surface area contributed by atoms with Crippen LogP contribution in [0.25, 0.3) is 9.75 Å². The molecular weight excluding hydrogens is 514 g/mol. The van der Waals surface area contributed by atoms with Crippen molar-refractivity contribution in [2.45, 2.75) is 111 Å². The van der Waals surface area contributed by atoms with E-state index in [1.54, 1.807) is 6.07 Å². The molecule has 5 nitrogen and oxygen atoms in total. The fraction of sp³-hybridized carbons (Fsp3) is 0.724. The summed E-state index contributed by atoms with van der Waals surface area (Å²) in [5.74, 6) is 3.27. The lowest BCUT2D eigenvalue weighted by Crippen LogP contribution is -2.37. The van der Waals surface area contributed by atoms with Gasteiger partial charge in [0.25, 0.3) is 0 Å². The lowest BCUT2D eigenvalue weighted by Gasteiger charge is -2.39. The van der Waals surface area contributed by atoms with Gasteiger partial charge in [-0.1, -0.05) is 80.1 Å². The van der Waals surface area contributed by atoms with Crippen LogP contribution in [0.4, 0.5) is 0 Å². The maximum Gasteiger partial charge on any atom is 0.499 e. The molecular formula is C29H48B2O5S2. The molecule has 1 aliphatic rings. The molecule has 4 N–H and O–H groups in total. The van der Waals surface area contributed by atoms with Crippen LogP contribution in [-0.2, 0) is 5.60 Å². The monoisotopic (exact) mass is 562 g/mol. The van der Waals surface area contributed by atoms with Gasteiger partial charge in [-0.2, -0.15) is 0 Å². The van der Waals surface area contributed by atoms with Crippen LogP contribution in [0, 0.1) is 23.7 Å². The summed E-state index contributed by atoms with van der Waals surface area (Å²) in [6, 6.07) is 3.69. The molecule has 38 heavy (non-hydrogen) atoms. The van der Waals surface area contributed by atoms with Crippen LogP contribution in [0.1, 0.15) is 111 Å². The Morgan fingerprint density at radius 1 is 0.684 bits per heavy atom. The van der Waals surface area contributed by atoms with Gasteiger partial charge in [-0.05, 0) is 61.5 Å². The number of ether oxygens (including phenoxy) is 1. The van der Waals surface area contributed by atoms with E-state index in [9.17, 15) is 20.1 Å². The number of thiophene rings is 2. The van der Waals surface area contributed by atoms with E-state index in [2.05, 4.69) is 41.5 Å². The second-order valence-corrected chi connectivity index (χ2v) is 14.7. The molecule has 2 atom stereocenters. The minimum absolute atomic E-state index is 0.445. The molecule has 3 heterocycles. The SMILES string of the molecule is CC(C)CCCC(C)CCC1(CCC(C)CCCC(C)C)Oc2cc(B(O)O)sc2-c2sc(B(O)O)cc21. The molecule has 0 radical (unpaired) electrons. The molecule has 2 aromatic rings. The minimum Gasteiger partial charge on any atom is -0.481 e. The Balaban J connectivity index is 1.90. The van der Waals surface area contributed by atoms with E-state index in [0.29, 0.717) is 27.1 Å². The maximum absolute atomic E-state index is 10.1. The summed E-state index contributed by atoms with van der Waals surface area (Å²) in [4.78, 5) is 1.83. The minimum atomic E-state index is -1.56. The quantitative estimate of drug-likeness (QED) is 0.191. The van der Waals surface area contributed by atoms with Crippen molar-refractivity contribution in [3.63, 3.8) is 0 Å². The number of hydrogen-bond donors (Lipinski definition) is 4. The summed E-state index contributed by atoms with van der Waals surface area (Å²) in [5.41, 5.74) is 0.464. The summed E-state index contributed by atoms with van der Waals surface area (Å²) >= 11 is 2.69. The van der Waals surface area contributed by atoms with Crippen LogP contribution in [0.3, 0.4) is 0 Å². The van der Waals surface area contributed by atoms with Gasteiger partial charge in [-0.15, -0.1) is 22.7 Å². The molecule has 0 aromatic carbocycles. The molecule has 2 aromatic heterocycles. The largest absolute Gasteiger partial charge is 0.499 e. The lowest BCUT2D eigenvalue weighted by atomic mass is 9.77. The van der Waals surface area contributed by atoms with Gasteiger partial charge >= 0.3 is 14.2 Å². The van der Waals surface area contributed by atoms with E-state index in [0.717, 1.165) is 52.8 Å². The molecule has 212 valence electrons. The number of fused-ring (bicyclic) bond motifs is 3. The predicted octanol–water partition coefficient (Wildman–Crippen LogP) is 5.91. The Morgan fingerprint density at radius 2 is 1.16 bits per heavy atom. The highest BCUT2D eigenvalue weighted by atomic mass is 32.1. The molecule has 0 saturated carbocycles. The number of rotatable bonds is 16. The zero-order chi connectivity index (χ0) is 28.0. The van der Waals surface area contributed by atoms with Gasteiger partial charge in [-0.3, -0.25) is 0 Å². The molecule has 1 aliphatic heterocycles. The lowest BCUT2D eigenvalue weighted by molar-refractivity contribution is 0.0324. The molecule has 9 heteroatoms. The molecule has 0 fully saturated rings. The van der Waals surface area contributed by atoms with Crippen LogP contribution < -0.4 is 14.3 Å².